The number of thiophene rings is 2. The van der Waals surface area contributed by atoms with Gasteiger partial charge >= 0.3 is 0 Å². The van der Waals surface area contributed by atoms with Crippen molar-refractivity contribution in [2.75, 3.05) is 5.32 Å². The Labute approximate surface area is 147 Å². The van der Waals surface area contributed by atoms with Gasteiger partial charge < -0.3 is 11.1 Å². The molecule has 0 radical (unpaired) electrons. The van der Waals surface area contributed by atoms with Crippen LogP contribution in [0.15, 0.2) is 17.5 Å². The van der Waals surface area contributed by atoms with E-state index >= 15 is 0 Å². The largest absolute Gasteiger partial charge is 0.365 e. The molecule has 3 rings (SSSR count). The second-order valence-corrected chi connectivity index (χ2v) is 7.78. The Morgan fingerprint density at radius 2 is 1.96 bits per heavy atom. The molecule has 126 valence electrons. The van der Waals surface area contributed by atoms with Gasteiger partial charge in [0.2, 0.25) is 5.91 Å². The highest BCUT2D eigenvalue weighted by atomic mass is 32.1. The lowest BCUT2D eigenvalue weighted by Crippen LogP contribution is -2.18. The Morgan fingerprint density at radius 1 is 1.17 bits per heavy atom. The van der Waals surface area contributed by atoms with E-state index in [9.17, 15) is 14.4 Å². The summed E-state index contributed by atoms with van der Waals surface area (Å²) in [5, 5.41) is 5.15. The van der Waals surface area contributed by atoms with E-state index in [0.29, 0.717) is 15.4 Å². The molecule has 2 aromatic rings. The topological polar surface area (TPSA) is 89.3 Å². The maximum absolute atomic E-state index is 12.2. The van der Waals surface area contributed by atoms with Crippen LogP contribution in [-0.2, 0) is 17.6 Å². The molecule has 0 fully saturated rings. The number of carbonyl (C=O) groups excluding carboxylic acids is 3. The van der Waals surface area contributed by atoms with E-state index in [1.165, 1.54) is 22.7 Å². The number of rotatable bonds is 6. The molecule has 5 nitrogen and oxygen atoms in total. The molecule has 0 saturated heterocycles. The van der Waals surface area contributed by atoms with Crippen LogP contribution in [0.25, 0.3) is 0 Å². The van der Waals surface area contributed by atoms with Crippen molar-refractivity contribution in [3.63, 3.8) is 0 Å². The molecule has 2 amide bonds. The Morgan fingerprint density at radius 3 is 2.67 bits per heavy atom. The molecule has 3 N–H and O–H groups in total. The van der Waals surface area contributed by atoms with Crippen LogP contribution in [0.4, 0.5) is 5.00 Å². The zero-order valence-electron chi connectivity index (χ0n) is 13.1. The third kappa shape index (κ3) is 3.57. The van der Waals surface area contributed by atoms with Gasteiger partial charge in [0, 0.05) is 17.7 Å². The highest BCUT2D eigenvalue weighted by molar-refractivity contribution is 7.17. The maximum Gasteiger partial charge on any atom is 0.251 e. The summed E-state index contributed by atoms with van der Waals surface area (Å²) in [6.45, 7) is 0. The third-order valence-corrected chi connectivity index (χ3v) is 6.16. The predicted molar refractivity (Wildman–Crippen MR) is 96.0 cm³/mol. The molecular formula is C17H18N2O3S2. The summed E-state index contributed by atoms with van der Waals surface area (Å²) in [7, 11) is 0. The van der Waals surface area contributed by atoms with Crippen molar-refractivity contribution in [3.8, 4) is 0 Å². The molecule has 2 heterocycles. The van der Waals surface area contributed by atoms with Gasteiger partial charge in [0.15, 0.2) is 5.78 Å². The molecule has 0 unspecified atom stereocenters. The first-order valence-electron chi connectivity index (χ1n) is 7.87. The van der Waals surface area contributed by atoms with Gasteiger partial charge in [-0.1, -0.05) is 6.07 Å². The van der Waals surface area contributed by atoms with Crippen LogP contribution in [0.3, 0.4) is 0 Å². The molecule has 0 aliphatic heterocycles. The summed E-state index contributed by atoms with van der Waals surface area (Å²) < 4.78 is 0. The number of nitrogens with one attached hydrogen (secondary N) is 1. The van der Waals surface area contributed by atoms with Gasteiger partial charge in [-0.05, 0) is 42.7 Å². The minimum absolute atomic E-state index is 0.0410. The first-order chi connectivity index (χ1) is 11.6. The molecule has 7 heteroatoms. The Hall–Kier alpha value is -1.99. The lowest BCUT2D eigenvalue weighted by atomic mass is 9.95. The Bertz CT molecular complexity index is 778. The highest BCUT2D eigenvalue weighted by Gasteiger charge is 2.25. The van der Waals surface area contributed by atoms with E-state index in [1.54, 1.807) is 6.07 Å². The van der Waals surface area contributed by atoms with Crippen molar-refractivity contribution in [1.82, 2.24) is 0 Å². The van der Waals surface area contributed by atoms with Crippen molar-refractivity contribution < 1.29 is 14.4 Å². The number of hydrogen-bond acceptors (Lipinski definition) is 5. The van der Waals surface area contributed by atoms with Gasteiger partial charge in [-0.2, -0.15) is 0 Å². The first-order valence-corrected chi connectivity index (χ1v) is 9.56. The minimum Gasteiger partial charge on any atom is -0.365 e. The van der Waals surface area contributed by atoms with Crippen LogP contribution >= 0.6 is 22.7 Å². The van der Waals surface area contributed by atoms with Gasteiger partial charge in [-0.15, -0.1) is 22.7 Å². The summed E-state index contributed by atoms with van der Waals surface area (Å²) in [5.74, 6) is -0.805. The summed E-state index contributed by atoms with van der Waals surface area (Å²) >= 11 is 2.81. The quantitative estimate of drug-likeness (QED) is 0.772. The average molecular weight is 362 g/mol. The zero-order chi connectivity index (χ0) is 17.1. The third-order valence-electron chi connectivity index (χ3n) is 4.05. The van der Waals surface area contributed by atoms with Crippen LogP contribution in [0, 0.1) is 0 Å². The second kappa shape index (κ2) is 7.27. The average Bonchev–Trinajstić information content (AvgIpc) is 3.19. The van der Waals surface area contributed by atoms with Crippen molar-refractivity contribution >= 4 is 45.3 Å². The van der Waals surface area contributed by atoms with E-state index < -0.39 is 5.91 Å². The molecule has 0 aromatic carbocycles. The molecule has 0 bridgehead atoms. The number of anilines is 1. The van der Waals surface area contributed by atoms with Gasteiger partial charge in [0.05, 0.1) is 10.4 Å². The SMILES string of the molecule is NC(=O)c1c(NC(=O)CCC(=O)c2cccs2)sc2c1CCCC2. The van der Waals surface area contributed by atoms with Gasteiger partial charge in [0.1, 0.15) is 5.00 Å². The first kappa shape index (κ1) is 16.9. The van der Waals surface area contributed by atoms with Gasteiger partial charge in [-0.3, -0.25) is 14.4 Å². The fourth-order valence-electron chi connectivity index (χ4n) is 2.89. The molecule has 24 heavy (non-hydrogen) atoms. The normalized spacial score (nSPS) is 13.3. The maximum atomic E-state index is 12.2. The summed E-state index contributed by atoms with van der Waals surface area (Å²) in [6.07, 6.45) is 4.13. The predicted octanol–water partition coefficient (Wildman–Crippen LogP) is 3.39. The van der Waals surface area contributed by atoms with E-state index in [1.807, 2.05) is 11.4 Å². The van der Waals surface area contributed by atoms with E-state index in [2.05, 4.69) is 5.32 Å². The molecule has 0 saturated carbocycles. The minimum atomic E-state index is -0.501. The van der Waals surface area contributed by atoms with Crippen molar-refractivity contribution in [3.05, 3.63) is 38.4 Å². The van der Waals surface area contributed by atoms with E-state index in [-0.39, 0.29) is 24.5 Å². The van der Waals surface area contributed by atoms with Crippen LogP contribution in [0.5, 0.6) is 0 Å². The summed E-state index contributed by atoms with van der Waals surface area (Å²) in [6, 6.07) is 3.57. The number of Topliss-reactive ketones (excluding diaryl/α,β-unsaturated/α-hetero) is 1. The summed E-state index contributed by atoms with van der Waals surface area (Å²) in [5.41, 5.74) is 6.95. The molecule has 1 aliphatic carbocycles. The number of amides is 2. The van der Waals surface area contributed by atoms with Gasteiger partial charge in [0.25, 0.3) is 5.91 Å². The monoisotopic (exact) mass is 362 g/mol. The fraction of sp³-hybridized carbons (Fsp3) is 0.353. The van der Waals surface area contributed by atoms with Crippen molar-refractivity contribution in [2.24, 2.45) is 5.73 Å². The lowest BCUT2D eigenvalue weighted by Gasteiger charge is -2.11. The lowest BCUT2D eigenvalue weighted by molar-refractivity contribution is -0.116. The number of hydrogen-bond donors (Lipinski definition) is 2. The number of primary amides is 1. The van der Waals surface area contributed by atoms with E-state index in [4.69, 9.17) is 5.73 Å². The summed E-state index contributed by atoms with van der Waals surface area (Å²) in [4.78, 5) is 37.7. The smallest absolute Gasteiger partial charge is 0.251 e. The number of fused-ring (bicyclic) bond motifs is 1. The molecule has 0 atom stereocenters. The van der Waals surface area contributed by atoms with Crippen LogP contribution in [0.2, 0.25) is 0 Å². The van der Waals surface area contributed by atoms with E-state index in [0.717, 1.165) is 36.1 Å². The van der Waals surface area contributed by atoms with Crippen molar-refractivity contribution in [2.45, 2.75) is 38.5 Å². The fourth-order valence-corrected chi connectivity index (χ4v) is 4.90. The van der Waals surface area contributed by atoms with Crippen molar-refractivity contribution in [1.29, 1.82) is 0 Å². The standard InChI is InChI=1S/C17H18N2O3S2/c18-16(22)15-10-4-1-2-5-12(10)24-17(15)19-14(21)8-7-11(20)13-6-3-9-23-13/h3,6,9H,1-2,4-5,7-8H2,(H2,18,22)(H,19,21). The number of aryl methyl sites for hydroxylation is 1. The highest BCUT2D eigenvalue weighted by Crippen LogP contribution is 2.37. The number of ketones is 1. The number of carbonyl (C=O) groups is 3. The molecule has 1 aliphatic rings. The zero-order valence-corrected chi connectivity index (χ0v) is 14.7. The Kier molecular flexibility index (Phi) is 5.11. The number of nitrogens with two attached hydrogens (primary N) is 1. The molecular weight excluding hydrogens is 344 g/mol. The van der Waals surface area contributed by atoms with Crippen LogP contribution in [-0.4, -0.2) is 17.6 Å². The van der Waals surface area contributed by atoms with Crippen LogP contribution < -0.4 is 11.1 Å². The second-order valence-electron chi connectivity index (χ2n) is 5.73. The van der Waals surface area contributed by atoms with Crippen LogP contribution in [0.1, 0.15) is 56.2 Å². The Balaban J connectivity index is 1.67. The molecule has 0 spiro atoms. The molecule has 2 aromatic heterocycles. The van der Waals surface area contributed by atoms with Gasteiger partial charge in [-0.25, -0.2) is 0 Å².